The van der Waals surface area contributed by atoms with Gasteiger partial charge in [-0.2, -0.15) is 0 Å². The quantitative estimate of drug-likeness (QED) is 0.602. The van der Waals surface area contributed by atoms with Crippen LogP contribution in [0.3, 0.4) is 0 Å². The molecule has 5 rings (SSSR count). The Bertz CT molecular complexity index is 990. The molecule has 2 aromatic heterocycles. The largest absolute Gasteiger partial charge is 0.355 e. The number of Topliss-reactive ketones (excluding diaryl/α,β-unsaturated/α-hetero) is 1. The van der Waals surface area contributed by atoms with Crippen LogP contribution in [0.25, 0.3) is 10.2 Å². The zero-order chi connectivity index (χ0) is 18.2. The molecule has 138 valence electrons. The van der Waals surface area contributed by atoms with Crippen molar-refractivity contribution in [3.05, 3.63) is 46.6 Å². The van der Waals surface area contributed by atoms with Gasteiger partial charge in [0.1, 0.15) is 22.3 Å². The van der Waals surface area contributed by atoms with Crippen molar-refractivity contribution in [2.45, 2.75) is 42.8 Å². The Morgan fingerprint density at radius 2 is 1.85 bits per heavy atom. The first-order chi connectivity index (χ1) is 13.3. The highest BCUT2D eigenvalue weighted by Crippen LogP contribution is 2.41. The second-order valence-electron chi connectivity index (χ2n) is 7.13. The van der Waals surface area contributed by atoms with Crippen molar-refractivity contribution in [2.75, 3.05) is 18.0 Å². The molecular weight excluding hydrogens is 374 g/mol. The number of hydrogen-bond donors (Lipinski definition) is 0. The lowest BCUT2D eigenvalue weighted by Gasteiger charge is -2.28. The maximum atomic E-state index is 11.7. The van der Waals surface area contributed by atoms with Crippen LogP contribution in [-0.4, -0.2) is 28.8 Å². The van der Waals surface area contributed by atoms with Crippen LogP contribution in [0.4, 0.5) is 5.82 Å². The number of anilines is 1. The van der Waals surface area contributed by atoms with Crippen molar-refractivity contribution < 1.29 is 4.79 Å². The van der Waals surface area contributed by atoms with Gasteiger partial charge in [-0.15, -0.1) is 23.1 Å². The number of carbonyl (C=O) groups is 1. The van der Waals surface area contributed by atoms with Crippen molar-refractivity contribution >= 4 is 44.9 Å². The molecule has 0 unspecified atom stereocenters. The molecule has 3 aromatic rings. The van der Waals surface area contributed by atoms with Crippen LogP contribution >= 0.6 is 23.1 Å². The first-order valence-corrected chi connectivity index (χ1v) is 11.3. The Kier molecular flexibility index (Phi) is 4.61. The number of hydrogen-bond acceptors (Lipinski definition) is 6. The topological polar surface area (TPSA) is 46.1 Å². The van der Waals surface area contributed by atoms with Crippen LogP contribution in [0.15, 0.2) is 35.2 Å². The number of nitrogens with zero attached hydrogens (tertiary/aromatic N) is 3. The Balaban J connectivity index is 1.52. The lowest BCUT2D eigenvalue weighted by Crippen LogP contribution is -2.34. The number of aromatic nitrogens is 2. The van der Waals surface area contributed by atoms with Crippen molar-refractivity contribution in [3.63, 3.8) is 0 Å². The van der Waals surface area contributed by atoms with Gasteiger partial charge in [-0.05, 0) is 37.0 Å². The van der Waals surface area contributed by atoms with Crippen LogP contribution in [0, 0.1) is 0 Å². The summed E-state index contributed by atoms with van der Waals surface area (Å²) >= 11 is 3.62. The predicted octanol–water partition coefficient (Wildman–Crippen LogP) is 4.64. The molecule has 1 aliphatic carbocycles. The predicted molar refractivity (Wildman–Crippen MR) is 112 cm³/mol. The number of carbonyl (C=O) groups excluding carboxylic acids is 1. The van der Waals surface area contributed by atoms with Gasteiger partial charge in [0.05, 0.1) is 11.1 Å². The van der Waals surface area contributed by atoms with Crippen molar-refractivity contribution in [1.82, 2.24) is 9.97 Å². The fourth-order valence-electron chi connectivity index (χ4n) is 3.95. The normalized spacial score (nSPS) is 16.9. The van der Waals surface area contributed by atoms with E-state index in [1.807, 2.05) is 17.4 Å². The molecule has 2 aliphatic rings. The van der Waals surface area contributed by atoms with Gasteiger partial charge in [-0.25, -0.2) is 9.97 Å². The molecule has 1 aromatic carbocycles. The minimum absolute atomic E-state index is 0.368. The summed E-state index contributed by atoms with van der Waals surface area (Å²) in [7, 11) is 0. The number of ketones is 1. The zero-order valence-corrected chi connectivity index (χ0v) is 16.7. The van der Waals surface area contributed by atoms with Crippen molar-refractivity contribution in [1.29, 1.82) is 0 Å². The standard InChI is InChI=1S/C21H21N3OS2/c25-14-9-11-24(12-10-14)20-19-16-7-4-8-17(16)27-21(19)23-18(22-20)13-26-15-5-2-1-3-6-15/h1-3,5-6H,4,7-13H2. The Hall–Kier alpha value is -1.92. The second-order valence-corrected chi connectivity index (χ2v) is 9.26. The summed E-state index contributed by atoms with van der Waals surface area (Å²) in [5.41, 5.74) is 1.46. The van der Waals surface area contributed by atoms with Gasteiger partial charge in [-0.3, -0.25) is 4.79 Å². The van der Waals surface area contributed by atoms with E-state index in [9.17, 15) is 4.79 Å². The lowest BCUT2D eigenvalue weighted by atomic mass is 10.1. The Labute approximate surface area is 167 Å². The molecule has 4 nitrogen and oxygen atoms in total. The van der Waals surface area contributed by atoms with E-state index in [1.165, 1.54) is 33.6 Å². The molecule has 0 atom stereocenters. The molecule has 0 saturated carbocycles. The average molecular weight is 396 g/mol. The van der Waals surface area contributed by atoms with Crippen LogP contribution in [0.5, 0.6) is 0 Å². The number of rotatable bonds is 4. The summed E-state index contributed by atoms with van der Waals surface area (Å²) in [5, 5.41) is 1.26. The SMILES string of the molecule is O=C1CCN(c2nc(CSc3ccccc3)nc3sc4c(c23)CCC4)CC1. The van der Waals surface area contributed by atoms with Crippen LogP contribution < -0.4 is 4.90 Å². The highest BCUT2D eigenvalue weighted by molar-refractivity contribution is 7.98. The van der Waals surface area contributed by atoms with E-state index >= 15 is 0 Å². The summed E-state index contributed by atoms with van der Waals surface area (Å²) in [4.78, 5) is 27.8. The third-order valence-corrected chi connectivity index (χ3v) is 7.52. The summed E-state index contributed by atoms with van der Waals surface area (Å²) in [6.07, 6.45) is 4.80. The minimum Gasteiger partial charge on any atom is -0.355 e. The summed E-state index contributed by atoms with van der Waals surface area (Å²) in [5.74, 6) is 3.09. The molecule has 1 fully saturated rings. The maximum Gasteiger partial charge on any atom is 0.142 e. The molecule has 27 heavy (non-hydrogen) atoms. The number of piperidine rings is 1. The molecule has 6 heteroatoms. The second kappa shape index (κ2) is 7.24. The first-order valence-electron chi connectivity index (χ1n) is 9.53. The van der Waals surface area contributed by atoms with E-state index in [0.717, 1.165) is 41.7 Å². The Morgan fingerprint density at radius 3 is 2.67 bits per heavy atom. The number of aryl methyl sites for hydroxylation is 2. The van der Waals surface area contributed by atoms with Gasteiger partial charge < -0.3 is 4.90 Å². The third kappa shape index (κ3) is 3.36. The monoisotopic (exact) mass is 395 g/mol. The molecule has 1 saturated heterocycles. The van der Waals surface area contributed by atoms with E-state index in [0.29, 0.717) is 18.6 Å². The zero-order valence-electron chi connectivity index (χ0n) is 15.1. The van der Waals surface area contributed by atoms with E-state index in [-0.39, 0.29) is 0 Å². The first kappa shape index (κ1) is 17.2. The smallest absolute Gasteiger partial charge is 0.142 e. The van der Waals surface area contributed by atoms with E-state index in [4.69, 9.17) is 9.97 Å². The molecule has 0 radical (unpaired) electrons. The van der Waals surface area contributed by atoms with Gasteiger partial charge in [0.15, 0.2) is 0 Å². The lowest BCUT2D eigenvalue weighted by molar-refractivity contribution is -0.119. The highest BCUT2D eigenvalue weighted by atomic mass is 32.2. The maximum absolute atomic E-state index is 11.7. The summed E-state index contributed by atoms with van der Waals surface area (Å²) in [6, 6.07) is 10.4. The van der Waals surface area contributed by atoms with Crippen LogP contribution in [-0.2, 0) is 23.4 Å². The van der Waals surface area contributed by atoms with Crippen LogP contribution in [0.2, 0.25) is 0 Å². The molecule has 1 aliphatic heterocycles. The van der Waals surface area contributed by atoms with Gasteiger partial charge in [-0.1, -0.05) is 18.2 Å². The van der Waals surface area contributed by atoms with Gasteiger partial charge >= 0.3 is 0 Å². The average Bonchev–Trinajstić information content (AvgIpc) is 3.28. The van der Waals surface area contributed by atoms with Crippen molar-refractivity contribution in [2.24, 2.45) is 0 Å². The van der Waals surface area contributed by atoms with Gasteiger partial charge in [0, 0.05) is 35.7 Å². The number of benzene rings is 1. The molecule has 0 bridgehead atoms. The summed E-state index contributed by atoms with van der Waals surface area (Å²) < 4.78 is 0. The van der Waals surface area contributed by atoms with Gasteiger partial charge in [0.25, 0.3) is 0 Å². The highest BCUT2D eigenvalue weighted by Gasteiger charge is 2.26. The molecule has 0 spiro atoms. The Morgan fingerprint density at radius 1 is 1.04 bits per heavy atom. The number of thiophene rings is 1. The third-order valence-electron chi connectivity index (χ3n) is 5.32. The molecule has 0 N–H and O–H groups in total. The molecule has 0 amide bonds. The van der Waals surface area contributed by atoms with E-state index < -0.39 is 0 Å². The summed E-state index contributed by atoms with van der Waals surface area (Å²) in [6.45, 7) is 1.56. The fraction of sp³-hybridized carbons (Fsp3) is 0.381. The van der Waals surface area contributed by atoms with Crippen LogP contribution in [0.1, 0.15) is 35.5 Å². The van der Waals surface area contributed by atoms with E-state index in [2.05, 4.69) is 29.2 Å². The molecule has 3 heterocycles. The van der Waals surface area contributed by atoms with Gasteiger partial charge in [0.2, 0.25) is 0 Å². The number of thioether (sulfide) groups is 1. The van der Waals surface area contributed by atoms with Crippen molar-refractivity contribution in [3.8, 4) is 0 Å². The van der Waals surface area contributed by atoms with E-state index in [1.54, 1.807) is 11.8 Å². The fourth-order valence-corrected chi connectivity index (χ4v) is 5.99. The molecular formula is C21H21N3OS2. The minimum atomic E-state index is 0.368. The number of fused-ring (bicyclic) bond motifs is 3.